The summed E-state index contributed by atoms with van der Waals surface area (Å²) in [5.41, 5.74) is 0. The zero-order valence-corrected chi connectivity index (χ0v) is 8.31. The summed E-state index contributed by atoms with van der Waals surface area (Å²) in [5, 5.41) is 18.7. The van der Waals surface area contributed by atoms with E-state index in [0.29, 0.717) is 12.2 Å². The highest BCUT2D eigenvalue weighted by atomic mass is 16.6. The van der Waals surface area contributed by atoms with Crippen LogP contribution in [-0.2, 0) is 0 Å². The molecule has 0 aliphatic rings. The minimum Gasteiger partial charge on any atom is -0.463 e. The van der Waals surface area contributed by atoms with Crippen molar-refractivity contribution in [1.82, 2.24) is 0 Å². The summed E-state index contributed by atoms with van der Waals surface area (Å²) in [7, 11) is 0. The van der Waals surface area contributed by atoms with Gasteiger partial charge in [0.2, 0.25) is 5.79 Å². The summed E-state index contributed by atoms with van der Waals surface area (Å²) in [6.07, 6.45) is 0.668. The summed E-state index contributed by atoms with van der Waals surface area (Å²) < 4.78 is 5.39. The molecule has 0 fully saturated rings. The molecular formula is C11H16O3. The first-order valence-electron chi connectivity index (χ1n) is 4.77. The first kappa shape index (κ1) is 11.0. The summed E-state index contributed by atoms with van der Waals surface area (Å²) in [5.74, 6) is -0.638. The molecule has 1 atom stereocenters. The van der Waals surface area contributed by atoms with E-state index in [1.54, 1.807) is 12.1 Å². The van der Waals surface area contributed by atoms with Crippen LogP contribution in [0.5, 0.6) is 5.75 Å². The Kier molecular flexibility index (Phi) is 3.92. The lowest BCUT2D eigenvalue weighted by Gasteiger charge is -2.27. The Morgan fingerprint density at radius 3 is 2.43 bits per heavy atom. The number of ether oxygens (including phenoxy) is 1. The van der Waals surface area contributed by atoms with Crippen molar-refractivity contribution in [3.8, 4) is 5.75 Å². The molecule has 1 unspecified atom stereocenters. The van der Waals surface area contributed by atoms with Crippen molar-refractivity contribution in [2.45, 2.75) is 25.6 Å². The highest BCUT2D eigenvalue weighted by molar-refractivity contribution is 5.21. The summed E-state index contributed by atoms with van der Waals surface area (Å²) in [6.45, 7) is 1.73. The van der Waals surface area contributed by atoms with Crippen molar-refractivity contribution in [3.63, 3.8) is 0 Å². The van der Waals surface area contributed by atoms with Gasteiger partial charge in [-0.15, -0.1) is 0 Å². The van der Waals surface area contributed by atoms with Crippen molar-refractivity contribution >= 4 is 0 Å². The predicted octanol–water partition coefficient (Wildman–Crippen LogP) is 1.55. The van der Waals surface area contributed by atoms with Crippen LogP contribution in [0, 0.1) is 0 Å². The highest BCUT2D eigenvalue weighted by Gasteiger charge is 2.25. The molecule has 0 aliphatic carbocycles. The minimum atomic E-state index is -1.25. The molecule has 0 bridgehead atoms. The zero-order valence-electron chi connectivity index (χ0n) is 8.31. The van der Waals surface area contributed by atoms with E-state index in [1.165, 1.54) is 0 Å². The Balaban J connectivity index is 2.65. The van der Waals surface area contributed by atoms with Crippen LogP contribution in [0.3, 0.4) is 0 Å². The van der Waals surface area contributed by atoms with Gasteiger partial charge in [0.05, 0.1) is 0 Å². The molecular weight excluding hydrogens is 180 g/mol. The number of hydrogen-bond acceptors (Lipinski definition) is 3. The van der Waals surface area contributed by atoms with Gasteiger partial charge in [-0.2, -0.15) is 0 Å². The van der Waals surface area contributed by atoms with Crippen LogP contribution >= 0.6 is 0 Å². The maximum atomic E-state index is 9.89. The lowest BCUT2D eigenvalue weighted by molar-refractivity contribution is -0.150. The Morgan fingerprint density at radius 1 is 1.29 bits per heavy atom. The van der Waals surface area contributed by atoms with Crippen LogP contribution in [-0.4, -0.2) is 22.6 Å². The molecule has 1 aromatic rings. The van der Waals surface area contributed by atoms with Gasteiger partial charge in [-0.05, 0) is 12.1 Å². The number of benzene rings is 1. The molecule has 2 N–H and O–H groups in total. The van der Waals surface area contributed by atoms with Crippen molar-refractivity contribution in [1.29, 1.82) is 0 Å². The van der Waals surface area contributed by atoms with Crippen LogP contribution in [0.4, 0.5) is 0 Å². The first-order valence-corrected chi connectivity index (χ1v) is 4.77. The van der Waals surface area contributed by atoms with Gasteiger partial charge in [0, 0.05) is 19.4 Å². The second-order valence-corrected chi connectivity index (χ2v) is 3.19. The molecule has 78 valence electrons. The lowest BCUT2D eigenvalue weighted by Crippen LogP contribution is -2.36. The third kappa shape index (κ3) is 3.01. The molecule has 0 heterocycles. The highest BCUT2D eigenvalue weighted by Crippen LogP contribution is 2.21. The Morgan fingerprint density at radius 2 is 1.93 bits per heavy atom. The van der Waals surface area contributed by atoms with Crippen molar-refractivity contribution in [2.24, 2.45) is 0 Å². The Labute approximate surface area is 84.0 Å². The van der Waals surface area contributed by atoms with Crippen molar-refractivity contribution in [2.75, 3.05) is 6.61 Å². The van der Waals surface area contributed by atoms with Gasteiger partial charge in [-0.1, -0.05) is 25.1 Å². The molecule has 0 aliphatic heterocycles. The standard InChI is InChI=1S/C11H16O3/c1-2-11(13,8-9-12)14-10-6-4-3-5-7-10/h3-7,12-13H,2,8-9H2,1H3. The maximum Gasteiger partial charge on any atom is 0.210 e. The van der Waals surface area contributed by atoms with Crippen molar-refractivity contribution in [3.05, 3.63) is 30.3 Å². The number of hydrogen-bond donors (Lipinski definition) is 2. The summed E-state index contributed by atoms with van der Waals surface area (Å²) in [4.78, 5) is 0. The van der Waals surface area contributed by atoms with Gasteiger partial charge in [-0.25, -0.2) is 0 Å². The monoisotopic (exact) mass is 196 g/mol. The molecule has 0 aromatic heterocycles. The number of rotatable bonds is 5. The van der Waals surface area contributed by atoms with E-state index in [2.05, 4.69) is 0 Å². The molecule has 0 saturated heterocycles. The predicted molar refractivity (Wildman–Crippen MR) is 54.0 cm³/mol. The second kappa shape index (κ2) is 4.98. The average Bonchev–Trinajstić information content (AvgIpc) is 2.20. The van der Waals surface area contributed by atoms with E-state index in [9.17, 15) is 5.11 Å². The minimum absolute atomic E-state index is 0.0861. The third-order valence-corrected chi connectivity index (χ3v) is 2.11. The molecule has 3 heteroatoms. The van der Waals surface area contributed by atoms with Gasteiger partial charge in [0.15, 0.2) is 0 Å². The van der Waals surface area contributed by atoms with Gasteiger partial charge in [-0.3, -0.25) is 0 Å². The van der Waals surface area contributed by atoms with E-state index in [0.717, 1.165) is 0 Å². The third-order valence-electron chi connectivity index (χ3n) is 2.11. The molecule has 1 aromatic carbocycles. The first-order chi connectivity index (χ1) is 6.70. The zero-order chi connectivity index (χ0) is 10.4. The van der Waals surface area contributed by atoms with Crippen LogP contribution in [0.25, 0.3) is 0 Å². The second-order valence-electron chi connectivity index (χ2n) is 3.19. The fraction of sp³-hybridized carbons (Fsp3) is 0.455. The maximum absolute atomic E-state index is 9.89. The quantitative estimate of drug-likeness (QED) is 0.702. The number of aliphatic hydroxyl groups is 2. The molecule has 0 spiro atoms. The van der Waals surface area contributed by atoms with Gasteiger partial charge >= 0.3 is 0 Å². The molecule has 0 amide bonds. The fourth-order valence-corrected chi connectivity index (χ4v) is 1.18. The number of para-hydroxylation sites is 1. The van der Waals surface area contributed by atoms with Crippen LogP contribution in [0.1, 0.15) is 19.8 Å². The van der Waals surface area contributed by atoms with Crippen LogP contribution in [0.15, 0.2) is 30.3 Å². The molecule has 14 heavy (non-hydrogen) atoms. The van der Waals surface area contributed by atoms with E-state index < -0.39 is 5.79 Å². The van der Waals surface area contributed by atoms with E-state index in [1.807, 2.05) is 25.1 Å². The SMILES string of the molecule is CCC(O)(CCO)Oc1ccccc1. The van der Waals surface area contributed by atoms with Crippen LogP contribution in [0.2, 0.25) is 0 Å². The van der Waals surface area contributed by atoms with E-state index in [4.69, 9.17) is 9.84 Å². The van der Waals surface area contributed by atoms with Crippen LogP contribution < -0.4 is 4.74 Å². The Hall–Kier alpha value is -1.06. The van der Waals surface area contributed by atoms with E-state index >= 15 is 0 Å². The topological polar surface area (TPSA) is 49.7 Å². The molecule has 3 nitrogen and oxygen atoms in total. The van der Waals surface area contributed by atoms with Gasteiger partial charge < -0.3 is 14.9 Å². The average molecular weight is 196 g/mol. The fourth-order valence-electron chi connectivity index (χ4n) is 1.18. The lowest BCUT2D eigenvalue weighted by atomic mass is 10.1. The molecule has 0 saturated carbocycles. The number of aliphatic hydroxyl groups excluding tert-OH is 1. The summed E-state index contributed by atoms with van der Waals surface area (Å²) in [6, 6.07) is 9.11. The van der Waals surface area contributed by atoms with E-state index in [-0.39, 0.29) is 13.0 Å². The molecule has 0 radical (unpaired) electrons. The molecule has 1 rings (SSSR count). The Bertz CT molecular complexity index is 260. The van der Waals surface area contributed by atoms with Gasteiger partial charge in [0.25, 0.3) is 0 Å². The largest absolute Gasteiger partial charge is 0.463 e. The summed E-state index contributed by atoms with van der Waals surface area (Å²) >= 11 is 0. The van der Waals surface area contributed by atoms with Gasteiger partial charge in [0.1, 0.15) is 5.75 Å². The smallest absolute Gasteiger partial charge is 0.210 e. The van der Waals surface area contributed by atoms with Crippen molar-refractivity contribution < 1.29 is 14.9 Å². The normalized spacial score (nSPS) is 14.8.